The lowest BCUT2D eigenvalue weighted by molar-refractivity contribution is -0.129. The van der Waals surface area contributed by atoms with Crippen molar-refractivity contribution in [2.75, 3.05) is 7.11 Å². The van der Waals surface area contributed by atoms with Crippen LogP contribution in [0.4, 0.5) is 0 Å². The summed E-state index contributed by atoms with van der Waals surface area (Å²) in [4.78, 5) is 25.7. The van der Waals surface area contributed by atoms with Crippen molar-refractivity contribution in [1.29, 1.82) is 0 Å². The van der Waals surface area contributed by atoms with Gasteiger partial charge in [0, 0.05) is 24.0 Å². The zero-order valence-electron chi connectivity index (χ0n) is 17.4. The molecule has 156 valence electrons. The number of ether oxygens (including phenoxy) is 2. The van der Waals surface area contributed by atoms with Crippen LogP contribution in [-0.4, -0.2) is 29.9 Å². The Balaban J connectivity index is 1.81. The molecule has 0 spiro atoms. The highest BCUT2D eigenvalue weighted by Gasteiger charge is 2.50. The van der Waals surface area contributed by atoms with Crippen LogP contribution < -0.4 is 9.47 Å². The van der Waals surface area contributed by atoms with Crippen molar-refractivity contribution in [2.24, 2.45) is 11.8 Å². The highest BCUT2D eigenvalue weighted by Crippen LogP contribution is 2.55. The second kappa shape index (κ2) is 7.98. The van der Waals surface area contributed by atoms with Gasteiger partial charge in [-0.3, -0.25) is 9.59 Å². The second-order valence-corrected chi connectivity index (χ2v) is 8.30. The summed E-state index contributed by atoms with van der Waals surface area (Å²) >= 11 is 0. The summed E-state index contributed by atoms with van der Waals surface area (Å²) in [6, 6.07) is 10.9. The summed E-state index contributed by atoms with van der Waals surface area (Å²) in [7, 11) is 1.52. The van der Waals surface area contributed by atoms with E-state index in [0.717, 1.165) is 17.5 Å². The molecule has 0 amide bonds. The van der Waals surface area contributed by atoms with Gasteiger partial charge in [-0.25, -0.2) is 0 Å². The van der Waals surface area contributed by atoms with E-state index in [1.54, 1.807) is 6.08 Å². The fraction of sp³-hybridized carbons (Fsp3) is 0.360. The quantitative estimate of drug-likeness (QED) is 0.572. The van der Waals surface area contributed by atoms with Crippen LogP contribution in [0.25, 0.3) is 6.08 Å². The fourth-order valence-corrected chi connectivity index (χ4v) is 4.74. The Bertz CT molecular complexity index is 1010. The van der Waals surface area contributed by atoms with E-state index in [4.69, 9.17) is 9.47 Å². The number of fused-ring (bicyclic) bond motifs is 3. The van der Waals surface area contributed by atoms with Crippen molar-refractivity contribution in [3.63, 3.8) is 0 Å². The minimum Gasteiger partial charge on any atom is -0.507 e. The number of hydrogen-bond acceptors (Lipinski definition) is 5. The third-order valence-corrected chi connectivity index (χ3v) is 6.22. The van der Waals surface area contributed by atoms with Crippen molar-refractivity contribution >= 4 is 17.6 Å². The molecule has 0 aromatic heterocycles. The summed E-state index contributed by atoms with van der Waals surface area (Å²) < 4.78 is 11.6. The van der Waals surface area contributed by atoms with Crippen LogP contribution in [-0.2, 0) is 4.79 Å². The Morgan fingerprint density at radius 3 is 2.67 bits per heavy atom. The summed E-state index contributed by atoms with van der Waals surface area (Å²) in [5, 5.41) is 10.6. The number of aromatic hydroxyl groups is 1. The molecule has 1 N–H and O–H groups in total. The van der Waals surface area contributed by atoms with Crippen molar-refractivity contribution in [3.8, 4) is 17.2 Å². The maximum Gasteiger partial charge on any atom is 0.193 e. The van der Waals surface area contributed by atoms with E-state index in [-0.39, 0.29) is 40.5 Å². The van der Waals surface area contributed by atoms with Gasteiger partial charge in [0.05, 0.1) is 7.11 Å². The Morgan fingerprint density at radius 1 is 1.27 bits per heavy atom. The summed E-state index contributed by atoms with van der Waals surface area (Å²) in [5.74, 6) is 0.590. The predicted molar refractivity (Wildman–Crippen MR) is 114 cm³/mol. The van der Waals surface area contributed by atoms with E-state index in [1.807, 2.05) is 30.3 Å². The van der Waals surface area contributed by atoms with Crippen molar-refractivity contribution in [2.45, 2.75) is 38.7 Å². The predicted octanol–water partition coefficient (Wildman–Crippen LogP) is 4.78. The molecule has 1 aliphatic carbocycles. The number of phenolic OH excluding ortho intramolecular Hbond substituents is 1. The Labute approximate surface area is 176 Å². The van der Waals surface area contributed by atoms with Crippen LogP contribution in [0.1, 0.15) is 54.1 Å². The number of ketones is 2. The van der Waals surface area contributed by atoms with Crippen LogP contribution in [0, 0.1) is 11.8 Å². The van der Waals surface area contributed by atoms with Crippen LogP contribution in [0.5, 0.6) is 17.2 Å². The first-order valence-electron chi connectivity index (χ1n) is 10.3. The minimum absolute atomic E-state index is 0.0351. The van der Waals surface area contributed by atoms with Crippen molar-refractivity contribution in [1.82, 2.24) is 0 Å². The van der Waals surface area contributed by atoms with Gasteiger partial charge in [0.1, 0.15) is 22.8 Å². The first-order valence-corrected chi connectivity index (χ1v) is 10.3. The molecule has 0 bridgehead atoms. The molecule has 0 radical (unpaired) electrons. The fourth-order valence-electron chi connectivity index (χ4n) is 4.74. The monoisotopic (exact) mass is 406 g/mol. The van der Waals surface area contributed by atoms with Crippen molar-refractivity contribution in [3.05, 3.63) is 59.2 Å². The van der Waals surface area contributed by atoms with E-state index < -0.39 is 6.10 Å². The lowest BCUT2D eigenvalue weighted by Crippen LogP contribution is -2.39. The standard InChI is InChI=1S/C25H26O5/c1-14(2)16-10-12-18(27)24-21(16)23-20(29-3)13-19(28)22(25(23)30-24)17(26)11-9-15-7-5-4-6-8-15/h4-9,11,13-14,16,21,24,28H,10,12H2,1-3H3/b11-9+/t16-,21+,24+/m1/s1. The van der Waals surface area contributed by atoms with E-state index in [1.165, 1.54) is 19.3 Å². The smallest absolute Gasteiger partial charge is 0.193 e. The van der Waals surface area contributed by atoms with Gasteiger partial charge in [0.25, 0.3) is 0 Å². The molecule has 0 unspecified atom stereocenters. The van der Waals surface area contributed by atoms with E-state index in [0.29, 0.717) is 18.1 Å². The van der Waals surface area contributed by atoms with Gasteiger partial charge in [-0.15, -0.1) is 0 Å². The normalized spacial score (nSPS) is 22.7. The number of phenols is 1. The van der Waals surface area contributed by atoms with Gasteiger partial charge in [0.2, 0.25) is 0 Å². The van der Waals surface area contributed by atoms with Gasteiger partial charge >= 0.3 is 0 Å². The third kappa shape index (κ3) is 3.38. The van der Waals surface area contributed by atoms with Crippen LogP contribution in [0.2, 0.25) is 0 Å². The molecular weight excluding hydrogens is 380 g/mol. The average molecular weight is 406 g/mol. The molecular formula is C25H26O5. The summed E-state index contributed by atoms with van der Waals surface area (Å²) in [5.41, 5.74) is 1.69. The molecule has 30 heavy (non-hydrogen) atoms. The first kappa shape index (κ1) is 20.2. The topological polar surface area (TPSA) is 72.8 Å². The molecule has 5 nitrogen and oxygen atoms in total. The summed E-state index contributed by atoms with van der Waals surface area (Å²) in [6.07, 6.45) is 3.72. The van der Waals surface area contributed by atoms with Crippen LogP contribution in [0.3, 0.4) is 0 Å². The third-order valence-electron chi connectivity index (χ3n) is 6.22. The largest absolute Gasteiger partial charge is 0.507 e. The van der Waals surface area contributed by atoms with Gasteiger partial charge in [-0.1, -0.05) is 50.3 Å². The van der Waals surface area contributed by atoms with Crippen LogP contribution in [0.15, 0.2) is 42.5 Å². The Morgan fingerprint density at radius 2 is 2.00 bits per heavy atom. The molecule has 1 aliphatic heterocycles. The van der Waals surface area contributed by atoms with Crippen LogP contribution >= 0.6 is 0 Å². The maximum atomic E-state index is 13.0. The van der Waals surface area contributed by atoms with E-state index >= 15 is 0 Å². The van der Waals surface area contributed by atoms with Gasteiger partial charge < -0.3 is 14.6 Å². The average Bonchev–Trinajstić information content (AvgIpc) is 3.13. The van der Waals surface area contributed by atoms with E-state index in [2.05, 4.69) is 13.8 Å². The zero-order valence-corrected chi connectivity index (χ0v) is 17.4. The highest BCUT2D eigenvalue weighted by molar-refractivity contribution is 6.11. The van der Waals surface area contributed by atoms with Gasteiger partial charge in [0.15, 0.2) is 17.7 Å². The highest BCUT2D eigenvalue weighted by atomic mass is 16.5. The number of benzene rings is 2. The number of allylic oxidation sites excluding steroid dienone is 1. The molecule has 1 saturated carbocycles. The maximum absolute atomic E-state index is 13.0. The van der Waals surface area contributed by atoms with Crippen molar-refractivity contribution < 1.29 is 24.2 Å². The minimum atomic E-state index is -0.637. The SMILES string of the molecule is COc1cc(O)c(C(=O)/C=C/c2ccccc2)c2c1[C@@H]1[C@@H](C(C)C)CCC(=O)[C@@H]1O2. The molecule has 5 heteroatoms. The molecule has 4 rings (SSSR count). The molecule has 0 saturated heterocycles. The number of Topliss-reactive ketones (excluding diaryl/α,β-unsaturated/α-hetero) is 1. The van der Waals surface area contributed by atoms with Gasteiger partial charge in [-0.05, 0) is 29.9 Å². The Kier molecular flexibility index (Phi) is 5.37. The number of methoxy groups -OCH3 is 1. The molecule has 2 aliphatic rings. The first-order chi connectivity index (χ1) is 14.4. The second-order valence-electron chi connectivity index (χ2n) is 8.30. The molecule has 3 atom stereocenters. The molecule has 1 heterocycles. The van der Waals surface area contributed by atoms with Gasteiger partial charge in [-0.2, -0.15) is 0 Å². The zero-order chi connectivity index (χ0) is 21.4. The molecule has 2 aromatic carbocycles. The molecule has 1 fully saturated rings. The number of rotatable bonds is 5. The molecule has 2 aromatic rings. The lowest BCUT2D eigenvalue weighted by atomic mass is 9.69. The number of carbonyl (C=O) groups is 2. The number of carbonyl (C=O) groups excluding carboxylic acids is 2. The van der Waals surface area contributed by atoms with E-state index in [9.17, 15) is 14.7 Å². The summed E-state index contributed by atoms with van der Waals surface area (Å²) in [6.45, 7) is 4.27. The number of hydrogen-bond donors (Lipinski definition) is 1. The Hall–Kier alpha value is -3.08. The lowest BCUT2D eigenvalue weighted by Gasteiger charge is -2.34.